The van der Waals surface area contributed by atoms with E-state index in [4.69, 9.17) is 9.47 Å². The number of benzene rings is 2. The number of hydrogen-bond donors (Lipinski definition) is 0. The molecule has 2 aromatic carbocycles. The first-order valence-electron chi connectivity index (χ1n) is 9.84. The van der Waals surface area contributed by atoms with E-state index >= 15 is 0 Å². The van der Waals surface area contributed by atoms with Gasteiger partial charge in [0, 0.05) is 17.7 Å². The van der Waals surface area contributed by atoms with Crippen LogP contribution in [-0.2, 0) is 0 Å². The topological polar surface area (TPSA) is 57.1 Å². The van der Waals surface area contributed by atoms with Crippen molar-refractivity contribution in [2.45, 2.75) is 46.8 Å². The van der Waals surface area contributed by atoms with E-state index in [1.807, 2.05) is 53.2 Å². The predicted molar refractivity (Wildman–Crippen MR) is 119 cm³/mol. The summed E-state index contributed by atoms with van der Waals surface area (Å²) in [5, 5.41) is 0.761. The number of rotatable bonds is 6. The Hall–Kier alpha value is -2.80. The van der Waals surface area contributed by atoms with Crippen LogP contribution in [0.3, 0.4) is 0 Å². The number of nitrogens with zero attached hydrogens (tertiary/aromatic N) is 3. The van der Waals surface area contributed by atoms with Crippen molar-refractivity contribution in [1.29, 1.82) is 0 Å². The molecule has 5 nitrogen and oxygen atoms in total. The number of ether oxygens (including phenoxy) is 2. The standard InChI is InChI=1S/C23H23FN3O2S/c1-6-14(5)29-19-10-20-17(9-16(19)24)27-23(30-20)15-7-13(4)8-18-22(15)25-11-21(26-18)28-12(2)3/h6-12,14H,1-5H3/t14-/m0/s1. The number of aryl methyl sites for hydroxylation is 1. The van der Waals surface area contributed by atoms with Crippen molar-refractivity contribution >= 4 is 32.6 Å². The fourth-order valence-electron chi connectivity index (χ4n) is 3.11. The lowest BCUT2D eigenvalue weighted by atomic mass is 10.1. The molecule has 30 heavy (non-hydrogen) atoms. The minimum atomic E-state index is -0.419. The second kappa shape index (κ2) is 8.14. The molecular weight excluding hydrogens is 401 g/mol. The van der Waals surface area contributed by atoms with Crippen molar-refractivity contribution < 1.29 is 13.9 Å². The minimum absolute atomic E-state index is 0.0182. The van der Waals surface area contributed by atoms with E-state index in [0.29, 0.717) is 11.4 Å². The molecule has 4 aromatic rings. The maximum atomic E-state index is 14.5. The van der Waals surface area contributed by atoms with Gasteiger partial charge in [0.25, 0.3) is 0 Å². The summed E-state index contributed by atoms with van der Waals surface area (Å²) in [4.78, 5) is 13.8. The van der Waals surface area contributed by atoms with Crippen molar-refractivity contribution in [2.75, 3.05) is 0 Å². The van der Waals surface area contributed by atoms with E-state index < -0.39 is 5.82 Å². The van der Waals surface area contributed by atoms with Crippen LogP contribution in [-0.4, -0.2) is 27.2 Å². The Morgan fingerprint density at radius 3 is 2.57 bits per heavy atom. The third-order valence-electron chi connectivity index (χ3n) is 4.58. The van der Waals surface area contributed by atoms with Crippen LogP contribution in [0.15, 0.2) is 30.5 Å². The van der Waals surface area contributed by atoms with Gasteiger partial charge in [-0.1, -0.05) is 6.92 Å². The first-order valence-corrected chi connectivity index (χ1v) is 10.7. The van der Waals surface area contributed by atoms with E-state index in [2.05, 4.69) is 15.0 Å². The van der Waals surface area contributed by atoms with Gasteiger partial charge in [-0.15, -0.1) is 11.3 Å². The summed E-state index contributed by atoms with van der Waals surface area (Å²) in [5.41, 5.74) is 3.98. The predicted octanol–water partition coefficient (Wildman–Crippen LogP) is 6.13. The highest BCUT2D eigenvalue weighted by Gasteiger charge is 2.16. The second-order valence-corrected chi connectivity index (χ2v) is 8.51. The molecule has 0 saturated carbocycles. The zero-order valence-corrected chi connectivity index (χ0v) is 18.4. The van der Waals surface area contributed by atoms with Gasteiger partial charge in [0.2, 0.25) is 5.88 Å². The summed E-state index contributed by atoms with van der Waals surface area (Å²) in [7, 11) is 0. The Balaban J connectivity index is 1.81. The zero-order valence-electron chi connectivity index (χ0n) is 17.6. The summed E-state index contributed by atoms with van der Waals surface area (Å²) >= 11 is 1.48. The molecule has 7 heteroatoms. The molecule has 0 bridgehead atoms. The smallest absolute Gasteiger partial charge is 0.233 e. The average molecular weight is 425 g/mol. The highest BCUT2D eigenvalue weighted by Crippen LogP contribution is 2.37. The molecule has 1 atom stereocenters. The Bertz CT molecular complexity index is 1220. The molecule has 0 fully saturated rings. The molecule has 0 saturated heterocycles. The lowest BCUT2D eigenvalue weighted by Gasteiger charge is -2.12. The minimum Gasteiger partial charge on any atom is -0.487 e. The van der Waals surface area contributed by atoms with Crippen LogP contribution in [0.25, 0.3) is 31.8 Å². The number of thiazole rings is 1. The Labute approximate surface area is 178 Å². The molecule has 2 aromatic heterocycles. The van der Waals surface area contributed by atoms with Gasteiger partial charge in [-0.3, -0.25) is 0 Å². The number of halogens is 1. The van der Waals surface area contributed by atoms with E-state index in [0.717, 1.165) is 31.9 Å². The summed E-state index contributed by atoms with van der Waals surface area (Å²) in [5.74, 6) is 0.300. The van der Waals surface area contributed by atoms with Gasteiger partial charge < -0.3 is 9.47 Å². The average Bonchev–Trinajstić information content (AvgIpc) is 3.09. The van der Waals surface area contributed by atoms with Gasteiger partial charge in [0.15, 0.2) is 11.6 Å². The molecule has 0 spiro atoms. The molecule has 155 valence electrons. The number of hydrogen-bond acceptors (Lipinski definition) is 6. The number of fused-ring (bicyclic) bond motifs is 2. The maximum absolute atomic E-state index is 14.5. The van der Waals surface area contributed by atoms with E-state index in [1.54, 1.807) is 12.3 Å². The molecule has 0 aliphatic carbocycles. The lowest BCUT2D eigenvalue weighted by Crippen LogP contribution is -2.11. The molecular formula is C23H23FN3O2S. The van der Waals surface area contributed by atoms with Crippen LogP contribution in [0, 0.1) is 19.2 Å². The Morgan fingerprint density at radius 2 is 1.83 bits per heavy atom. The quantitative estimate of drug-likeness (QED) is 0.372. The van der Waals surface area contributed by atoms with Crippen LogP contribution in [0.5, 0.6) is 11.6 Å². The van der Waals surface area contributed by atoms with Crippen LogP contribution in [0.1, 0.15) is 33.3 Å². The van der Waals surface area contributed by atoms with Crippen molar-refractivity contribution in [3.8, 4) is 22.2 Å². The molecule has 2 heterocycles. The van der Waals surface area contributed by atoms with Crippen molar-refractivity contribution in [3.05, 3.63) is 48.3 Å². The summed E-state index contributed by atoms with van der Waals surface area (Å²) in [6.45, 7) is 9.66. The highest BCUT2D eigenvalue weighted by molar-refractivity contribution is 7.21. The first kappa shape index (κ1) is 20.5. The van der Waals surface area contributed by atoms with Gasteiger partial charge in [-0.2, -0.15) is 0 Å². The van der Waals surface area contributed by atoms with Gasteiger partial charge in [0.05, 0.1) is 39.7 Å². The molecule has 0 aliphatic heterocycles. The Kier molecular flexibility index (Phi) is 5.56. The Morgan fingerprint density at radius 1 is 1.03 bits per heavy atom. The molecule has 1 radical (unpaired) electrons. The molecule has 0 unspecified atom stereocenters. The van der Waals surface area contributed by atoms with Gasteiger partial charge >= 0.3 is 0 Å². The van der Waals surface area contributed by atoms with E-state index in [1.165, 1.54) is 17.4 Å². The SMILES string of the molecule is C[CH][C@H](C)Oc1cc2sc(-c3cc(C)cc4nc(OC(C)C)cnc34)nc2cc1F. The third kappa shape index (κ3) is 4.07. The second-order valence-electron chi connectivity index (χ2n) is 7.48. The maximum Gasteiger partial charge on any atom is 0.233 e. The highest BCUT2D eigenvalue weighted by atomic mass is 32.1. The van der Waals surface area contributed by atoms with Crippen molar-refractivity contribution in [2.24, 2.45) is 0 Å². The van der Waals surface area contributed by atoms with E-state index in [-0.39, 0.29) is 18.0 Å². The fourth-order valence-corrected chi connectivity index (χ4v) is 4.11. The van der Waals surface area contributed by atoms with E-state index in [9.17, 15) is 4.39 Å². The van der Waals surface area contributed by atoms with Crippen LogP contribution >= 0.6 is 11.3 Å². The first-order chi connectivity index (χ1) is 14.3. The molecule has 0 aliphatic rings. The summed E-state index contributed by atoms with van der Waals surface area (Å²) in [6, 6.07) is 7.13. The molecule has 4 rings (SSSR count). The monoisotopic (exact) mass is 424 g/mol. The molecule has 0 N–H and O–H groups in total. The van der Waals surface area contributed by atoms with Crippen LogP contribution < -0.4 is 9.47 Å². The normalized spacial score (nSPS) is 12.6. The molecule has 0 amide bonds. The zero-order chi connectivity index (χ0) is 21.4. The van der Waals surface area contributed by atoms with Gasteiger partial charge in [-0.25, -0.2) is 19.3 Å². The lowest BCUT2D eigenvalue weighted by molar-refractivity contribution is 0.232. The fraction of sp³-hybridized carbons (Fsp3) is 0.304. The largest absolute Gasteiger partial charge is 0.487 e. The number of aromatic nitrogens is 3. The third-order valence-corrected chi connectivity index (χ3v) is 5.63. The van der Waals surface area contributed by atoms with Gasteiger partial charge in [-0.05, 0) is 51.8 Å². The van der Waals surface area contributed by atoms with Crippen LogP contribution in [0.4, 0.5) is 4.39 Å². The van der Waals surface area contributed by atoms with Gasteiger partial charge in [0.1, 0.15) is 5.01 Å². The summed E-state index contributed by atoms with van der Waals surface area (Å²) in [6.07, 6.45) is 3.34. The van der Waals surface area contributed by atoms with Crippen LogP contribution in [0.2, 0.25) is 0 Å². The van der Waals surface area contributed by atoms with Crippen molar-refractivity contribution in [1.82, 2.24) is 15.0 Å². The summed E-state index contributed by atoms with van der Waals surface area (Å²) < 4.78 is 26.7. The van der Waals surface area contributed by atoms with Crippen molar-refractivity contribution in [3.63, 3.8) is 0 Å².